The topological polar surface area (TPSA) is 90.3 Å². The van der Waals surface area contributed by atoms with Crippen molar-refractivity contribution in [2.24, 2.45) is 0 Å². The summed E-state index contributed by atoms with van der Waals surface area (Å²) in [5, 5.41) is 5.97. The van der Waals surface area contributed by atoms with Crippen molar-refractivity contribution in [2.45, 2.75) is 13.0 Å². The smallest absolute Gasteiger partial charge is 0.373 e. The van der Waals surface area contributed by atoms with E-state index >= 15 is 0 Å². The summed E-state index contributed by atoms with van der Waals surface area (Å²) in [6, 6.07) is 4.53. The van der Waals surface area contributed by atoms with Gasteiger partial charge in [-0.2, -0.15) is 9.97 Å². The zero-order chi connectivity index (χ0) is 22.3. The highest BCUT2D eigenvalue weighted by Crippen LogP contribution is 2.36. The number of hydrogen-bond acceptors (Lipinski definition) is 7. The van der Waals surface area contributed by atoms with Crippen molar-refractivity contribution >= 4 is 17.6 Å². The van der Waals surface area contributed by atoms with Crippen molar-refractivity contribution < 1.29 is 22.6 Å². The maximum Gasteiger partial charge on any atom is 0.373 e. The van der Waals surface area contributed by atoms with Gasteiger partial charge in [-0.15, -0.1) is 0 Å². The highest BCUT2D eigenvalue weighted by molar-refractivity contribution is 5.65. The zero-order valence-electron chi connectivity index (χ0n) is 16.8. The van der Waals surface area contributed by atoms with E-state index in [1.54, 1.807) is 12.1 Å². The Labute approximate surface area is 174 Å². The monoisotopic (exact) mass is 433 g/mol. The number of halogens is 3. The third-order valence-corrected chi connectivity index (χ3v) is 4.99. The van der Waals surface area contributed by atoms with E-state index in [2.05, 4.69) is 20.6 Å². The van der Waals surface area contributed by atoms with Gasteiger partial charge in [0, 0.05) is 18.3 Å². The number of ether oxygens (including phenoxy) is 2. The lowest BCUT2D eigenvalue weighted by Gasteiger charge is -2.20. The van der Waals surface area contributed by atoms with Crippen LogP contribution >= 0.6 is 0 Å². The maximum atomic E-state index is 13.8. The van der Waals surface area contributed by atoms with E-state index in [-0.39, 0.29) is 24.0 Å². The number of hydrogen-bond donors (Lipinski definition) is 2. The second kappa shape index (κ2) is 7.82. The van der Waals surface area contributed by atoms with Gasteiger partial charge in [-0.05, 0) is 36.2 Å². The van der Waals surface area contributed by atoms with Gasteiger partial charge in [-0.3, -0.25) is 4.57 Å². The van der Waals surface area contributed by atoms with E-state index < -0.39 is 29.2 Å². The lowest BCUT2D eigenvalue weighted by Crippen LogP contribution is -2.21. The number of fused-ring (bicyclic) bond motifs is 1. The third-order valence-electron chi connectivity index (χ3n) is 4.99. The molecule has 31 heavy (non-hydrogen) atoms. The SMILES string of the molecule is COc1cc(C)c(Nc2nc(=O)nc3n2C(c2cc(F)c(F)c(F)c2)CN3)cc1OC. The third kappa shape index (κ3) is 3.62. The van der Waals surface area contributed by atoms with Crippen LogP contribution in [0.4, 0.5) is 30.8 Å². The van der Waals surface area contributed by atoms with Crippen LogP contribution in [0.1, 0.15) is 17.2 Å². The average Bonchev–Trinajstić information content (AvgIpc) is 3.16. The highest BCUT2D eigenvalue weighted by Gasteiger charge is 2.29. The molecule has 162 valence electrons. The molecular formula is C20H18F3N5O3. The Hall–Kier alpha value is -3.76. The van der Waals surface area contributed by atoms with Crippen molar-refractivity contribution in [2.75, 3.05) is 31.4 Å². The summed E-state index contributed by atoms with van der Waals surface area (Å²) >= 11 is 0. The van der Waals surface area contributed by atoms with Crippen molar-refractivity contribution in [1.82, 2.24) is 14.5 Å². The lowest BCUT2D eigenvalue weighted by molar-refractivity contribution is 0.355. The molecule has 1 aromatic heterocycles. The number of nitrogens with zero attached hydrogens (tertiary/aromatic N) is 3. The van der Waals surface area contributed by atoms with E-state index in [0.717, 1.165) is 17.7 Å². The van der Waals surface area contributed by atoms with Crippen LogP contribution in [-0.4, -0.2) is 35.3 Å². The Morgan fingerprint density at radius 1 is 1.06 bits per heavy atom. The van der Waals surface area contributed by atoms with Crippen LogP contribution in [0.25, 0.3) is 0 Å². The summed E-state index contributed by atoms with van der Waals surface area (Å²) in [6.07, 6.45) is 0. The molecule has 4 rings (SSSR count). The summed E-state index contributed by atoms with van der Waals surface area (Å²) in [5.41, 5.74) is 0.727. The molecule has 1 atom stereocenters. The van der Waals surface area contributed by atoms with Crippen LogP contribution in [0.15, 0.2) is 29.1 Å². The Balaban J connectivity index is 1.81. The van der Waals surface area contributed by atoms with Gasteiger partial charge in [-0.25, -0.2) is 18.0 Å². The summed E-state index contributed by atoms with van der Waals surface area (Å²) in [5.74, 6) is -2.95. The first-order chi connectivity index (χ1) is 14.8. The van der Waals surface area contributed by atoms with Crippen LogP contribution < -0.4 is 25.8 Å². The second-order valence-corrected chi connectivity index (χ2v) is 6.87. The van der Waals surface area contributed by atoms with E-state index in [0.29, 0.717) is 17.2 Å². The van der Waals surface area contributed by atoms with E-state index in [4.69, 9.17) is 9.47 Å². The first-order valence-electron chi connectivity index (χ1n) is 9.21. The summed E-state index contributed by atoms with van der Waals surface area (Å²) in [4.78, 5) is 19.8. The molecular weight excluding hydrogens is 415 g/mol. The van der Waals surface area contributed by atoms with Crippen LogP contribution in [0, 0.1) is 24.4 Å². The molecule has 2 heterocycles. The molecule has 0 saturated heterocycles. The Morgan fingerprint density at radius 2 is 1.71 bits per heavy atom. The van der Waals surface area contributed by atoms with E-state index in [1.807, 2.05) is 6.92 Å². The molecule has 0 aliphatic carbocycles. The van der Waals surface area contributed by atoms with Gasteiger partial charge >= 0.3 is 5.69 Å². The first-order valence-corrected chi connectivity index (χ1v) is 9.21. The van der Waals surface area contributed by atoms with Gasteiger partial charge in [0.15, 0.2) is 29.0 Å². The fourth-order valence-electron chi connectivity index (χ4n) is 3.47. The molecule has 0 fully saturated rings. The molecule has 3 aromatic rings. The summed E-state index contributed by atoms with van der Waals surface area (Å²) in [7, 11) is 3.00. The fourth-order valence-corrected chi connectivity index (χ4v) is 3.47. The van der Waals surface area contributed by atoms with Crippen LogP contribution in [0.3, 0.4) is 0 Å². The molecule has 2 aromatic carbocycles. The van der Waals surface area contributed by atoms with Crippen LogP contribution in [0.5, 0.6) is 11.5 Å². The molecule has 2 N–H and O–H groups in total. The molecule has 1 unspecified atom stereocenters. The van der Waals surface area contributed by atoms with E-state index in [1.165, 1.54) is 18.8 Å². The van der Waals surface area contributed by atoms with Crippen molar-refractivity contribution in [3.8, 4) is 11.5 Å². The molecule has 0 saturated carbocycles. The summed E-state index contributed by atoms with van der Waals surface area (Å²) < 4.78 is 53.1. The van der Waals surface area contributed by atoms with Crippen molar-refractivity contribution in [1.29, 1.82) is 0 Å². The van der Waals surface area contributed by atoms with Crippen LogP contribution in [-0.2, 0) is 0 Å². The molecule has 0 spiro atoms. The van der Waals surface area contributed by atoms with Crippen LogP contribution in [0.2, 0.25) is 0 Å². The number of rotatable bonds is 5. The minimum Gasteiger partial charge on any atom is -0.493 e. The van der Waals surface area contributed by atoms with Gasteiger partial charge in [0.05, 0.1) is 20.3 Å². The highest BCUT2D eigenvalue weighted by atomic mass is 19.2. The molecule has 0 bridgehead atoms. The minimum atomic E-state index is -1.55. The number of benzene rings is 2. The standard InChI is InChI=1S/C20H18F3N5O3/c1-9-4-15(30-2)16(31-3)7-13(9)25-19-27-20(29)26-18-24-8-14(28(18)19)10-5-11(21)17(23)12(22)6-10/h4-7,14H,8H2,1-3H3,(H2,24,25,26,27,29). The Kier molecular flexibility index (Phi) is 5.17. The molecule has 0 amide bonds. The zero-order valence-corrected chi connectivity index (χ0v) is 16.8. The quantitative estimate of drug-likeness (QED) is 0.598. The molecule has 1 aliphatic heterocycles. The molecule has 11 heteroatoms. The van der Waals surface area contributed by atoms with Crippen molar-refractivity contribution in [3.05, 3.63) is 63.3 Å². The normalized spacial score (nSPS) is 14.7. The number of anilines is 3. The maximum absolute atomic E-state index is 13.8. The summed E-state index contributed by atoms with van der Waals surface area (Å²) in [6.45, 7) is 1.98. The largest absolute Gasteiger partial charge is 0.493 e. The van der Waals surface area contributed by atoms with E-state index in [9.17, 15) is 18.0 Å². The number of aromatic nitrogens is 3. The molecule has 8 nitrogen and oxygen atoms in total. The Morgan fingerprint density at radius 3 is 2.35 bits per heavy atom. The first kappa shape index (κ1) is 20.5. The predicted octanol–water partition coefficient (Wildman–Crippen LogP) is 3.14. The second-order valence-electron chi connectivity index (χ2n) is 6.87. The number of nitrogens with one attached hydrogen (secondary N) is 2. The predicted molar refractivity (Wildman–Crippen MR) is 107 cm³/mol. The van der Waals surface area contributed by atoms with Crippen molar-refractivity contribution in [3.63, 3.8) is 0 Å². The van der Waals surface area contributed by atoms with Gasteiger partial charge in [0.25, 0.3) is 0 Å². The Bertz CT molecular complexity index is 1210. The van der Waals surface area contributed by atoms with Gasteiger partial charge in [0.1, 0.15) is 0 Å². The fraction of sp³-hybridized carbons (Fsp3) is 0.250. The van der Waals surface area contributed by atoms with Gasteiger partial charge in [0.2, 0.25) is 11.9 Å². The lowest BCUT2D eigenvalue weighted by atomic mass is 10.1. The number of methoxy groups -OCH3 is 2. The average molecular weight is 433 g/mol. The minimum absolute atomic E-state index is 0.0884. The van der Waals surface area contributed by atoms with Gasteiger partial charge in [-0.1, -0.05) is 0 Å². The number of aryl methyl sites for hydroxylation is 1. The molecule has 1 aliphatic rings. The molecule has 0 radical (unpaired) electrons. The van der Waals surface area contributed by atoms with Gasteiger partial charge < -0.3 is 20.1 Å².